The van der Waals surface area contributed by atoms with Crippen molar-refractivity contribution in [3.63, 3.8) is 0 Å². The van der Waals surface area contributed by atoms with Gasteiger partial charge in [0.2, 0.25) is 5.91 Å². The Hall–Kier alpha value is -2.89. The van der Waals surface area contributed by atoms with Crippen LogP contribution in [0.2, 0.25) is 0 Å². The molecule has 5 nitrogen and oxygen atoms in total. The monoisotopic (exact) mass is 466 g/mol. The number of rotatable bonds is 7. The van der Waals surface area contributed by atoms with Crippen molar-refractivity contribution in [2.45, 2.75) is 77.5 Å². The summed E-state index contributed by atoms with van der Waals surface area (Å²) in [4.78, 5) is 28.1. The number of carbonyl (C=O) groups is 2. The van der Waals surface area contributed by atoms with Gasteiger partial charge in [0.25, 0.3) is 5.91 Å². The van der Waals surface area contributed by atoms with Crippen LogP contribution < -0.4 is 10.1 Å². The molecule has 34 heavy (non-hydrogen) atoms. The average Bonchev–Trinajstić information content (AvgIpc) is 3.36. The first-order valence-corrected chi connectivity index (χ1v) is 12.5. The molecule has 1 heterocycles. The van der Waals surface area contributed by atoms with Gasteiger partial charge in [-0.2, -0.15) is 0 Å². The first-order chi connectivity index (χ1) is 16.4. The lowest BCUT2D eigenvalue weighted by Gasteiger charge is -2.39. The highest BCUT2D eigenvalue weighted by Crippen LogP contribution is 2.40. The second-order valence-electron chi connectivity index (χ2n) is 9.76. The Morgan fingerprint density at radius 1 is 1.12 bits per heavy atom. The number of carbonyl (C=O) groups excluding carboxylic acids is 2. The van der Waals surface area contributed by atoms with Crippen LogP contribution in [-0.4, -0.2) is 35.4 Å². The summed E-state index contributed by atoms with van der Waals surface area (Å²) in [6, 6.07) is 12.1. The molecule has 1 aliphatic carbocycles. The fraction of sp³-hybridized carbons (Fsp3) is 0.500. The first-order valence-electron chi connectivity index (χ1n) is 12.5. The van der Waals surface area contributed by atoms with Crippen molar-refractivity contribution in [3.05, 3.63) is 65.0 Å². The number of nitrogens with zero attached hydrogens (tertiary/aromatic N) is 1. The molecule has 0 spiro atoms. The van der Waals surface area contributed by atoms with E-state index in [9.17, 15) is 14.0 Å². The number of fused-ring (bicyclic) bond motifs is 1. The summed E-state index contributed by atoms with van der Waals surface area (Å²) in [7, 11) is 0. The zero-order valence-electron chi connectivity index (χ0n) is 20.4. The minimum atomic E-state index is -0.593. The van der Waals surface area contributed by atoms with E-state index in [1.165, 1.54) is 12.1 Å². The molecule has 0 saturated heterocycles. The third kappa shape index (κ3) is 5.26. The van der Waals surface area contributed by atoms with Crippen LogP contribution >= 0.6 is 0 Å². The van der Waals surface area contributed by atoms with Gasteiger partial charge in [0, 0.05) is 18.5 Å². The van der Waals surface area contributed by atoms with Gasteiger partial charge >= 0.3 is 0 Å². The molecule has 4 rings (SSSR count). The fourth-order valence-electron chi connectivity index (χ4n) is 5.18. The second-order valence-corrected chi connectivity index (χ2v) is 9.76. The largest absolute Gasteiger partial charge is 0.481 e. The average molecular weight is 467 g/mol. The maximum atomic E-state index is 13.7. The van der Waals surface area contributed by atoms with Crippen LogP contribution in [0.5, 0.6) is 5.75 Å². The lowest BCUT2D eigenvalue weighted by molar-refractivity contribution is -0.137. The Labute approximate surface area is 201 Å². The molecular formula is C28H35FN2O3. The number of ether oxygens (including phenoxy) is 1. The maximum absolute atomic E-state index is 13.7. The standard InChI is InChI=1S/C28H35FN2O3/c1-4-25(27(32)30-18(2)3)34-23-14-11-19-15-16-31(28(33)21-7-5-6-8-21)26(24(19)17-23)20-9-12-22(29)13-10-20/h9-14,17-18,21,25-26H,4-8,15-16H2,1-3H3,(H,30,32). The Morgan fingerprint density at radius 2 is 1.82 bits per heavy atom. The molecule has 1 N–H and O–H groups in total. The molecule has 2 atom stereocenters. The van der Waals surface area contributed by atoms with Gasteiger partial charge in [-0.1, -0.05) is 38.0 Å². The predicted molar refractivity (Wildman–Crippen MR) is 130 cm³/mol. The first kappa shape index (κ1) is 24.2. The molecule has 2 aliphatic rings. The summed E-state index contributed by atoms with van der Waals surface area (Å²) in [6.45, 7) is 6.41. The van der Waals surface area contributed by atoms with Crippen molar-refractivity contribution in [3.8, 4) is 5.75 Å². The van der Waals surface area contributed by atoms with E-state index in [0.717, 1.165) is 48.8 Å². The SMILES string of the molecule is CCC(Oc1ccc2c(c1)C(c1ccc(F)cc1)N(C(=O)C1CCCC1)CC2)C(=O)NC(C)C. The third-order valence-electron chi connectivity index (χ3n) is 6.89. The lowest BCUT2D eigenvalue weighted by atomic mass is 9.87. The summed E-state index contributed by atoms with van der Waals surface area (Å²) in [5.74, 6) is 0.419. The molecule has 1 aliphatic heterocycles. The summed E-state index contributed by atoms with van der Waals surface area (Å²) >= 11 is 0. The van der Waals surface area contributed by atoms with Crippen molar-refractivity contribution in [2.24, 2.45) is 5.92 Å². The molecule has 1 fully saturated rings. The number of benzene rings is 2. The number of halogens is 1. The maximum Gasteiger partial charge on any atom is 0.261 e. The quantitative estimate of drug-likeness (QED) is 0.612. The smallest absolute Gasteiger partial charge is 0.261 e. The molecule has 2 aromatic carbocycles. The molecule has 2 amide bonds. The van der Waals surface area contributed by atoms with E-state index in [2.05, 4.69) is 5.32 Å². The minimum absolute atomic E-state index is 0.0340. The summed E-state index contributed by atoms with van der Waals surface area (Å²) < 4.78 is 19.8. The van der Waals surface area contributed by atoms with Gasteiger partial charge in [-0.05, 0) is 80.5 Å². The number of amides is 2. The second kappa shape index (κ2) is 10.6. The topological polar surface area (TPSA) is 58.6 Å². The zero-order valence-corrected chi connectivity index (χ0v) is 20.4. The van der Waals surface area contributed by atoms with Crippen LogP contribution in [-0.2, 0) is 16.0 Å². The van der Waals surface area contributed by atoms with Gasteiger partial charge in [0.1, 0.15) is 11.6 Å². The Bertz CT molecular complexity index is 1010. The minimum Gasteiger partial charge on any atom is -0.481 e. The van der Waals surface area contributed by atoms with E-state index < -0.39 is 6.10 Å². The van der Waals surface area contributed by atoms with Crippen molar-refractivity contribution in [2.75, 3.05) is 6.54 Å². The van der Waals surface area contributed by atoms with Crippen LogP contribution in [0.25, 0.3) is 0 Å². The highest BCUT2D eigenvalue weighted by molar-refractivity contribution is 5.81. The Balaban J connectivity index is 1.68. The van der Waals surface area contributed by atoms with Crippen molar-refractivity contribution in [1.29, 1.82) is 0 Å². The number of hydrogen-bond donors (Lipinski definition) is 1. The van der Waals surface area contributed by atoms with E-state index in [4.69, 9.17) is 4.74 Å². The van der Waals surface area contributed by atoms with Gasteiger partial charge in [-0.25, -0.2) is 4.39 Å². The van der Waals surface area contributed by atoms with E-state index in [1.807, 2.05) is 43.9 Å². The van der Waals surface area contributed by atoms with Gasteiger partial charge < -0.3 is 15.0 Å². The molecule has 0 bridgehead atoms. The van der Waals surface area contributed by atoms with Gasteiger partial charge in [0.15, 0.2) is 6.10 Å². The van der Waals surface area contributed by atoms with Crippen LogP contribution in [0, 0.1) is 11.7 Å². The van der Waals surface area contributed by atoms with Crippen LogP contribution in [0.15, 0.2) is 42.5 Å². The van der Waals surface area contributed by atoms with Crippen LogP contribution in [0.4, 0.5) is 4.39 Å². The molecule has 2 unspecified atom stereocenters. The summed E-state index contributed by atoms with van der Waals surface area (Å²) in [6.07, 6.45) is 4.77. The highest BCUT2D eigenvalue weighted by Gasteiger charge is 2.36. The molecular weight excluding hydrogens is 431 g/mol. The Morgan fingerprint density at radius 3 is 2.47 bits per heavy atom. The van der Waals surface area contributed by atoms with Gasteiger partial charge in [0.05, 0.1) is 6.04 Å². The number of nitrogens with one attached hydrogen (secondary N) is 1. The molecule has 0 radical (unpaired) electrons. The van der Waals surface area contributed by atoms with E-state index >= 15 is 0 Å². The highest BCUT2D eigenvalue weighted by atomic mass is 19.1. The number of hydrogen-bond acceptors (Lipinski definition) is 3. The van der Waals surface area contributed by atoms with Crippen LogP contribution in [0.1, 0.15) is 75.6 Å². The van der Waals surface area contributed by atoms with Crippen LogP contribution in [0.3, 0.4) is 0 Å². The van der Waals surface area contributed by atoms with Gasteiger partial charge in [-0.15, -0.1) is 0 Å². The fourth-order valence-corrected chi connectivity index (χ4v) is 5.18. The predicted octanol–water partition coefficient (Wildman–Crippen LogP) is 5.17. The molecule has 2 aromatic rings. The molecule has 0 aromatic heterocycles. The Kier molecular flexibility index (Phi) is 7.54. The summed E-state index contributed by atoms with van der Waals surface area (Å²) in [5.41, 5.74) is 3.02. The molecule has 6 heteroatoms. The zero-order chi connectivity index (χ0) is 24.2. The normalized spacial score (nSPS) is 19.1. The van der Waals surface area contributed by atoms with Crippen molar-refractivity contribution in [1.82, 2.24) is 10.2 Å². The summed E-state index contributed by atoms with van der Waals surface area (Å²) in [5, 5.41) is 2.92. The van der Waals surface area contributed by atoms with Crippen molar-refractivity contribution < 1.29 is 18.7 Å². The molecule has 1 saturated carbocycles. The van der Waals surface area contributed by atoms with Crippen molar-refractivity contribution >= 4 is 11.8 Å². The van der Waals surface area contributed by atoms with E-state index in [-0.39, 0.29) is 35.6 Å². The molecule has 182 valence electrons. The van der Waals surface area contributed by atoms with E-state index in [0.29, 0.717) is 18.7 Å². The third-order valence-corrected chi connectivity index (χ3v) is 6.89. The van der Waals surface area contributed by atoms with Gasteiger partial charge in [-0.3, -0.25) is 9.59 Å². The van der Waals surface area contributed by atoms with E-state index in [1.54, 1.807) is 12.1 Å². The lowest BCUT2D eigenvalue weighted by Crippen LogP contribution is -2.43.